The summed E-state index contributed by atoms with van der Waals surface area (Å²) in [5.41, 5.74) is 3.51. The maximum absolute atomic E-state index is 12.7. The van der Waals surface area contributed by atoms with Gasteiger partial charge in [-0.3, -0.25) is 0 Å². The van der Waals surface area contributed by atoms with E-state index in [4.69, 9.17) is 4.74 Å². The number of hydrogen-bond donors (Lipinski definition) is 0. The van der Waals surface area contributed by atoms with Crippen LogP contribution in [0.15, 0.2) is 36.5 Å². The van der Waals surface area contributed by atoms with E-state index in [2.05, 4.69) is 4.98 Å². The van der Waals surface area contributed by atoms with Gasteiger partial charge in [0, 0.05) is 6.20 Å². The van der Waals surface area contributed by atoms with Crippen molar-refractivity contribution in [1.82, 2.24) is 4.98 Å². The predicted octanol–water partition coefficient (Wildman–Crippen LogP) is 5.08. The zero-order chi connectivity index (χ0) is 17.2. The first-order valence-corrected chi connectivity index (χ1v) is 7.70. The first kappa shape index (κ1) is 17.0. The molecule has 4 nitrogen and oxygen atoms in total. The second-order valence-corrected chi connectivity index (χ2v) is 6.78. The minimum atomic E-state index is -0.571. The summed E-state index contributed by atoms with van der Waals surface area (Å²) in [6.07, 6.45) is 1.27. The Hall–Kier alpha value is -2.36. The van der Waals surface area contributed by atoms with Crippen LogP contribution >= 0.6 is 0 Å². The molecule has 0 aliphatic rings. The second kappa shape index (κ2) is 6.41. The molecule has 2 aromatic rings. The van der Waals surface area contributed by atoms with Crippen LogP contribution in [0.5, 0.6) is 0 Å². The first-order valence-electron chi connectivity index (χ1n) is 7.70. The van der Waals surface area contributed by atoms with Gasteiger partial charge < -0.3 is 4.74 Å². The van der Waals surface area contributed by atoms with Gasteiger partial charge in [-0.25, -0.2) is 14.7 Å². The third kappa shape index (κ3) is 4.31. The van der Waals surface area contributed by atoms with Gasteiger partial charge in [0.05, 0.1) is 5.69 Å². The number of carbonyl (C=O) groups is 1. The lowest BCUT2D eigenvalue weighted by atomic mass is 10.1. The molecule has 2 rings (SSSR count). The number of ether oxygens (including phenoxy) is 1. The summed E-state index contributed by atoms with van der Waals surface area (Å²) >= 11 is 0. The highest BCUT2D eigenvalue weighted by atomic mass is 16.6. The highest BCUT2D eigenvalue weighted by molar-refractivity contribution is 5.95. The third-order valence-corrected chi connectivity index (χ3v) is 3.45. The number of nitrogens with zero attached hydrogens (tertiary/aromatic N) is 2. The van der Waals surface area contributed by atoms with Gasteiger partial charge >= 0.3 is 6.09 Å². The minimum Gasteiger partial charge on any atom is -0.443 e. The van der Waals surface area contributed by atoms with E-state index in [1.54, 1.807) is 6.20 Å². The van der Waals surface area contributed by atoms with E-state index in [1.807, 2.05) is 71.9 Å². The van der Waals surface area contributed by atoms with Crippen LogP contribution in [-0.4, -0.2) is 16.7 Å². The molecule has 0 saturated heterocycles. The number of pyridine rings is 1. The number of rotatable bonds is 2. The fourth-order valence-corrected chi connectivity index (χ4v) is 2.15. The number of aryl methyl sites for hydroxylation is 3. The smallest absolute Gasteiger partial charge is 0.420 e. The molecule has 0 bridgehead atoms. The highest BCUT2D eigenvalue weighted by Gasteiger charge is 2.26. The van der Waals surface area contributed by atoms with E-state index < -0.39 is 11.7 Å². The van der Waals surface area contributed by atoms with Gasteiger partial charge in [-0.15, -0.1) is 0 Å². The Balaban J connectivity index is 2.50. The number of amides is 1. The van der Waals surface area contributed by atoms with Gasteiger partial charge in [0.15, 0.2) is 0 Å². The SMILES string of the molecule is Cc1ccnc(N(C(=O)OC(C)(C)C)c2ccc(C)c(C)c2)c1. The monoisotopic (exact) mass is 312 g/mol. The summed E-state index contributed by atoms with van der Waals surface area (Å²) in [5, 5.41) is 0. The van der Waals surface area contributed by atoms with Gasteiger partial charge in [0.25, 0.3) is 0 Å². The van der Waals surface area contributed by atoms with E-state index >= 15 is 0 Å². The Kier molecular flexibility index (Phi) is 4.73. The molecule has 0 saturated carbocycles. The summed E-state index contributed by atoms with van der Waals surface area (Å²) in [6.45, 7) is 11.6. The van der Waals surface area contributed by atoms with Gasteiger partial charge in [0.2, 0.25) is 0 Å². The molecule has 122 valence electrons. The maximum atomic E-state index is 12.7. The molecule has 0 spiro atoms. The van der Waals surface area contributed by atoms with Crippen molar-refractivity contribution in [3.8, 4) is 0 Å². The van der Waals surface area contributed by atoms with Gasteiger partial charge in [-0.05, 0) is 82.5 Å². The van der Waals surface area contributed by atoms with Gasteiger partial charge in [0.1, 0.15) is 11.4 Å². The number of benzene rings is 1. The molecule has 0 fully saturated rings. The molecule has 0 N–H and O–H groups in total. The standard InChI is InChI=1S/C19H24N2O2/c1-13-9-10-20-17(11-13)21(18(22)23-19(4,5)6)16-8-7-14(2)15(3)12-16/h7-12H,1-6H3. The highest BCUT2D eigenvalue weighted by Crippen LogP contribution is 2.28. The van der Waals surface area contributed by atoms with Crippen LogP contribution in [0.2, 0.25) is 0 Å². The molecule has 1 heterocycles. The molecule has 0 aliphatic heterocycles. The van der Waals surface area contributed by atoms with Crippen LogP contribution in [0.3, 0.4) is 0 Å². The molecule has 0 radical (unpaired) electrons. The lowest BCUT2D eigenvalue weighted by Gasteiger charge is -2.27. The summed E-state index contributed by atoms with van der Waals surface area (Å²) < 4.78 is 5.57. The molecule has 23 heavy (non-hydrogen) atoms. The summed E-state index contributed by atoms with van der Waals surface area (Å²) in [7, 11) is 0. The molecule has 1 aromatic carbocycles. The quantitative estimate of drug-likeness (QED) is 0.776. The largest absolute Gasteiger partial charge is 0.443 e. The summed E-state index contributed by atoms with van der Waals surface area (Å²) in [6, 6.07) is 9.66. The van der Waals surface area contributed by atoms with E-state index in [9.17, 15) is 4.79 Å². The number of carbonyl (C=O) groups excluding carboxylic acids is 1. The summed E-state index contributed by atoms with van der Waals surface area (Å²) in [4.78, 5) is 18.6. The molecule has 0 unspecified atom stereocenters. The fraction of sp³-hybridized carbons (Fsp3) is 0.368. The number of aromatic nitrogens is 1. The second-order valence-electron chi connectivity index (χ2n) is 6.78. The van der Waals surface area contributed by atoms with Crippen molar-refractivity contribution in [2.45, 2.75) is 47.1 Å². The molecular formula is C19H24N2O2. The van der Waals surface area contributed by atoms with Crippen LogP contribution in [0.25, 0.3) is 0 Å². The number of hydrogen-bond acceptors (Lipinski definition) is 3. The van der Waals surface area contributed by atoms with Crippen LogP contribution in [0, 0.1) is 20.8 Å². The van der Waals surface area contributed by atoms with Crippen LogP contribution in [0.1, 0.15) is 37.5 Å². The fourth-order valence-electron chi connectivity index (χ4n) is 2.15. The zero-order valence-electron chi connectivity index (χ0n) is 14.7. The van der Waals surface area contributed by atoms with Crippen molar-refractivity contribution >= 4 is 17.6 Å². The van der Waals surface area contributed by atoms with Crippen molar-refractivity contribution in [1.29, 1.82) is 0 Å². The average Bonchev–Trinajstić information content (AvgIpc) is 2.41. The Morgan fingerprint density at radius 2 is 1.74 bits per heavy atom. The lowest BCUT2D eigenvalue weighted by molar-refractivity contribution is 0.0598. The number of anilines is 2. The Bertz CT molecular complexity index is 718. The van der Waals surface area contributed by atoms with E-state index in [0.717, 1.165) is 16.8 Å². The van der Waals surface area contributed by atoms with E-state index in [0.29, 0.717) is 5.82 Å². The van der Waals surface area contributed by atoms with E-state index in [1.165, 1.54) is 10.5 Å². The molecular weight excluding hydrogens is 288 g/mol. The van der Waals surface area contributed by atoms with Crippen molar-refractivity contribution in [3.05, 3.63) is 53.2 Å². The van der Waals surface area contributed by atoms with Crippen molar-refractivity contribution < 1.29 is 9.53 Å². The average molecular weight is 312 g/mol. The van der Waals surface area contributed by atoms with Crippen molar-refractivity contribution in [3.63, 3.8) is 0 Å². The van der Waals surface area contributed by atoms with Gasteiger partial charge in [-0.1, -0.05) is 6.07 Å². The summed E-state index contributed by atoms with van der Waals surface area (Å²) in [5.74, 6) is 0.558. The molecule has 1 amide bonds. The predicted molar refractivity (Wildman–Crippen MR) is 93.3 cm³/mol. The van der Waals surface area contributed by atoms with E-state index in [-0.39, 0.29) is 0 Å². The maximum Gasteiger partial charge on any atom is 0.420 e. The zero-order valence-corrected chi connectivity index (χ0v) is 14.7. The van der Waals surface area contributed by atoms with Crippen molar-refractivity contribution in [2.24, 2.45) is 0 Å². The molecule has 0 aliphatic carbocycles. The molecule has 1 aromatic heterocycles. The third-order valence-electron chi connectivity index (χ3n) is 3.45. The van der Waals surface area contributed by atoms with Crippen LogP contribution in [-0.2, 0) is 4.74 Å². The Morgan fingerprint density at radius 3 is 2.30 bits per heavy atom. The minimum absolute atomic E-state index is 0.432. The normalized spacial score (nSPS) is 11.2. The topological polar surface area (TPSA) is 42.4 Å². The molecule has 4 heteroatoms. The Morgan fingerprint density at radius 1 is 1.04 bits per heavy atom. The first-order chi connectivity index (χ1) is 10.7. The van der Waals surface area contributed by atoms with Gasteiger partial charge in [-0.2, -0.15) is 0 Å². The Labute approximate surface area is 138 Å². The molecule has 0 atom stereocenters. The van der Waals surface area contributed by atoms with Crippen molar-refractivity contribution in [2.75, 3.05) is 4.90 Å². The lowest BCUT2D eigenvalue weighted by Crippen LogP contribution is -2.34. The van der Waals surface area contributed by atoms with Crippen LogP contribution in [0.4, 0.5) is 16.3 Å². The van der Waals surface area contributed by atoms with Crippen LogP contribution < -0.4 is 4.90 Å².